The minimum Gasteiger partial charge on any atom is -0.330 e. The van der Waals surface area contributed by atoms with Gasteiger partial charge in [0.25, 0.3) is 0 Å². The first-order valence-corrected chi connectivity index (χ1v) is 6.62. The first kappa shape index (κ1) is 14.8. The molecule has 2 nitrogen and oxygen atoms in total. The lowest BCUT2D eigenvalue weighted by molar-refractivity contribution is 0.328. The summed E-state index contributed by atoms with van der Waals surface area (Å²) in [5.74, 6) is 0.972. The van der Waals surface area contributed by atoms with Gasteiger partial charge in [-0.25, -0.2) is 0 Å². The third-order valence-electron chi connectivity index (χ3n) is 3.61. The highest BCUT2D eigenvalue weighted by molar-refractivity contribution is 6.42. The van der Waals surface area contributed by atoms with Crippen molar-refractivity contribution in [1.82, 2.24) is 0 Å². The lowest BCUT2D eigenvalue weighted by atomic mass is 9.80. The predicted molar refractivity (Wildman–Crippen MR) is 75.6 cm³/mol. The van der Waals surface area contributed by atoms with E-state index in [9.17, 15) is 0 Å². The molecule has 0 radical (unpaired) electrons. The Labute approximate surface area is 113 Å². The zero-order chi connectivity index (χ0) is 13.0. The van der Waals surface area contributed by atoms with Gasteiger partial charge in [-0.05, 0) is 42.5 Å². The maximum absolute atomic E-state index is 6.23. The van der Waals surface area contributed by atoms with Crippen LogP contribution in [0.1, 0.15) is 25.3 Å². The Morgan fingerprint density at radius 2 is 1.71 bits per heavy atom. The quantitative estimate of drug-likeness (QED) is 0.866. The summed E-state index contributed by atoms with van der Waals surface area (Å²) in [6.45, 7) is 5.49. The maximum atomic E-state index is 6.23. The third-order valence-corrected chi connectivity index (χ3v) is 4.44. The molecule has 0 aliphatic carbocycles. The van der Waals surface area contributed by atoms with E-state index in [4.69, 9.17) is 34.7 Å². The standard InChI is InChI=1S/C13H20Cl2N2/c1-8(10(6-16)7-17)9(2)11-4-3-5-12(14)13(11)15/h3-5,8-10H,6-7,16-17H2,1-2H3. The Morgan fingerprint density at radius 3 is 2.24 bits per heavy atom. The summed E-state index contributed by atoms with van der Waals surface area (Å²) in [5, 5.41) is 1.24. The molecule has 0 aromatic heterocycles. The maximum Gasteiger partial charge on any atom is 0.0627 e. The number of nitrogens with two attached hydrogens (primary N) is 2. The van der Waals surface area contributed by atoms with Crippen LogP contribution in [0.5, 0.6) is 0 Å². The molecular weight excluding hydrogens is 255 g/mol. The number of benzene rings is 1. The summed E-state index contributed by atoms with van der Waals surface area (Å²) in [5.41, 5.74) is 12.5. The highest BCUT2D eigenvalue weighted by atomic mass is 35.5. The molecule has 0 fully saturated rings. The number of rotatable bonds is 5. The molecule has 0 saturated heterocycles. The fourth-order valence-corrected chi connectivity index (χ4v) is 2.57. The van der Waals surface area contributed by atoms with Crippen LogP contribution in [0.15, 0.2) is 18.2 Å². The number of hydrogen-bond acceptors (Lipinski definition) is 2. The number of halogens is 2. The van der Waals surface area contributed by atoms with Crippen molar-refractivity contribution in [2.24, 2.45) is 23.3 Å². The Balaban J connectivity index is 2.95. The van der Waals surface area contributed by atoms with Crippen molar-refractivity contribution in [3.63, 3.8) is 0 Å². The van der Waals surface area contributed by atoms with Gasteiger partial charge in [0.2, 0.25) is 0 Å². The van der Waals surface area contributed by atoms with Crippen LogP contribution in [0.25, 0.3) is 0 Å². The van der Waals surface area contributed by atoms with E-state index in [2.05, 4.69) is 13.8 Å². The number of hydrogen-bond donors (Lipinski definition) is 2. The molecule has 4 heteroatoms. The minimum atomic E-state index is 0.290. The highest BCUT2D eigenvalue weighted by Gasteiger charge is 2.23. The highest BCUT2D eigenvalue weighted by Crippen LogP contribution is 2.36. The van der Waals surface area contributed by atoms with Gasteiger partial charge in [-0.15, -0.1) is 0 Å². The normalized spacial score (nSPS) is 15.0. The molecule has 0 amide bonds. The second-order valence-electron chi connectivity index (χ2n) is 4.52. The first-order valence-electron chi connectivity index (χ1n) is 5.87. The van der Waals surface area contributed by atoms with Gasteiger partial charge >= 0.3 is 0 Å². The molecule has 0 saturated carbocycles. The molecule has 1 aromatic rings. The van der Waals surface area contributed by atoms with Crippen LogP contribution in [-0.2, 0) is 0 Å². The SMILES string of the molecule is CC(c1cccc(Cl)c1Cl)C(C)C(CN)CN. The molecule has 0 aliphatic rings. The summed E-state index contributed by atoms with van der Waals surface area (Å²) in [6.07, 6.45) is 0. The largest absolute Gasteiger partial charge is 0.330 e. The average molecular weight is 275 g/mol. The van der Waals surface area contributed by atoms with E-state index in [0.717, 1.165) is 5.56 Å². The van der Waals surface area contributed by atoms with Gasteiger partial charge in [-0.3, -0.25) is 0 Å². The fraction of sp³-hybridized carbons (Fsp3) is 0.538. The zero-order valence-electron chi connectivity index (χ0n) is 10.3. The molecule has 17 heavy (non-hydrogen) atoms. The molecule has 4 N–H and O–H groups in total. The topological polar surface area (TPSA) is 52.0 Å². The average Bonchev–Trinajstić information content (AvgIpc) is 2.33. The molecule has 0 heterocycles. The van der Waals surface area contributed by atoms with Gasteiger partial charge in [-0.1, -0.05) is 49.2 Å². The van der Waals surface area contributed by atoms with Crippen molar-refractivity contribution in [3.8, 4) is 0 Å². The van der Waals surface area contributed by atoms with Gasteiger partial charge in [-0.2, -0.15) is 0 Å². The summed E-state index contributed by atoms with van der Waals surface area (Å²) < 4.78 is 0. The third kappa shape index (κ3) is 3.35. The summed E-state index contributed by atoms with van der Waals surface area (Å²) >= 11 is 12.3. The second kappa shape index (κ2) is 6.60. The van der Waals surface area contributed by atoms with E-state index in [1.807, 2.05) is 12.1 Å². The van der Waals surface area contributed by atoms with E-state index >= 15 is 0 Å². The van der Waals surface area contributed by atoms with E-state index in [1.165, 1.54) is 0 Å². The van der Waals surface area contributed by atoms with Crippen molar-refractivity contribution in [3.05, 3.63) is 33.8 Å². The van der Waals surface area contributed by atoms with Crippen LogP contribution in [0.3, 0.4) is 0 Å². The van der Waals surface area contributed by atoms with Crippen molar-refractivity contribution in [2.45, 2.75) is 19.8 Å². The van der Waals surface area contributed by atoms with Crippen molar-refractivity contribution in [2.75, 3.05) is 13.1 Å². The lowest BCUT2D eigenvalue weighted by Gasteiger charge is -2.28. The van der Waals surface area contributed by atoms with Crippen LogP contribution in [0.2, 0.25) is 10.0 Å². The molecule has 2 atom stereocenters. The first-order chi connectivity index (χ1) is 8.02. The van der Waals surface area contributed by atoms with Crippen LogP contribution >= 0.6 is 23.2 Å². The Morgan fingerprint density at radius 1 is 1.12 bits per heavy atom. The zero-order valence-corrected chi connectivity index (χ0v) is 11.8. The summed E-state index contributed by atoms with van der Waals surface area (Å²) in [7, 11) is 0. The molecule has 1 aromatic carbocycles. The van der Waals surface area contributed by atoms with Gasteiger partial charge in [0.15, 0.2) is 0 Å². The predicted octanol–water partition coefficient (Wildman–Crippen LogP) is 3.27. The van der Waals surface area contributed by atoms with Crippen molar-refractivity contribution < 1.29 is 0 Å². The molecule has 96 valence electrons. The molecular formula is C13H20Cl2N2. The van der Waals surface area contributed by atoms with Crippen LogP contribution in [0, 0.1) is 11.8 Å². The van der Waals surface area contributed by atoms with E-state index in [0.29, 0.717) is 40.9 Å². The van der Waals surface area contributed by atoms with Gasteiger partial charge in [0, 0.05) is 0 Å². The smallest absolute Gasteiger partial charge is 0.0627 e. The van der Waals surface area contributed by atoms with Crippen LogP contribution in [-0.4, -0.2) is 13.1 Å². The van der Waals surface area contributed by atoms with Gasteiger partial charge in [0.05, 0.1) is 10.0 Å². The monoisotopic (exact) mass is 274 g/mol. The lowest BCUT2D eigenvalue weighted by Crippen LogP contribution is -2.31. The Kier molecular flexibility index (Phi) is 5.74. The van der Waals surface area contributed by atoms with E-state index in [-0.39, 0.29) is 0 Å². The van der Waals surface area contributed by atoms with Gasteiger partial charge in [0.1, 0.15) is 0 Å². The Bertz CT molecular complexity index is 364. The Hall–Kier alpha value is -0.280. The molecule has 2 unspecified atom stereocenters. The summed E-state index contributed by atoms with van der Waals surface area (Å²) in [6, 6.07) is 5.74. The summed E-state index contributed by atoms with van der Waals surface area (Å²) in [4.78, 5) is 0. The molecule has 0 aliphatic heterocycles. The fourth-order valence-electron chi connectivity index (χ4n) is 2.09. The van der Waals surface area contributed by atoms with Crippen LogP contribution < -0.4 is 11.5 Å². The molecule has 0 spiro atoms. The molecule has 1 rings (SSSR count). The van der Waals surface area contributed by atoms with E-state index < -0.39 is 0 Å². The molecule has 0 bridgehead atoms. The second-order valence-corrected chi connectivity index (χ2v) is 5.31. The minimum absolute atomic E-state index is 0.290. The van der Waals surface area contributed by atoms with Crippen LogP contribution in [0.4, 0.5) is 0 Å². The van der Waals surface area contributed by atoms with E-state index in [1.54, 1.807) is 6.07 Å². The van der Waals surface area contributed by atoms with Crippen molar-refractivity contribution in [1.29, 1.82) is 0 Å². The van der Waals surface area contributed by atoms with Gasteiger partial charge < -0.3 is 11.5 Å². The van der Waals surface area contributed by atoms with Crippen molar-refractivity contribution >= 4 is 23.2 Å².